The van der Waals surface area contributed by atoms with Gasteiger partial charge in [0.25, 0.3) is 0 Å². The van der Waals surface area contributed by atoms with Gasteiger partial charge in [-0.05, 0) is 95.5 Å². The predicted octanol–water partition coefficient (Wildman–Crippen LogP) is 8.63. The minimum atomic E-state index is -0.412. The summed E-state index contributed by atoms with van der Waals surface area (Å²) in [6, 6.07) is 11.7. The van der Waals surface area contributed by atoms with Crippen molar-refractivity contribution in [1.82, 2.24) is 4.90 Å². The Labute approximate surface area is 262 Å². The molecular formula is C34H39ClINO4. The maximum atomic E-state index is 14.0. The van der Waals surface area contributed by atoms with E-state index in [0.29, 0.717) is 42.6 Å². The molecule has 41 heavy (non-hydrogen) atoms. The largest absolute Gasteiger partial charge is 0.490 e. The molecule has 0 aromatic heterocycles. The summed E-state index contributed by atoms with van der Waals surface area (Å²) in [7, 11) is 0. The van der Waals surface area contributed by atoms with Gasteiger partial charge in [0.05, 0.1) is 10.2 Å². The third-order valence-electron chi connectivity index (χ3n) is 8.28. The van der Waals surface area contributed by atoms with Gasteiger partial charge in [0.15, 0.2) is 23.1 Å². The van der Waals surface area contributed by atoms with Crippen LogP contribution in [0.1, 0.15) is 84.3 Å². The van der Waals surface area contributed by atoms with Crippen LogP contribution in [0.3, 0.4) is 0 Å². The first-order chi connectivity index (χ1) is 19.3. The van der Waals surface area contributed by atoms with Crippen LogP contribution in [0.15, 0.2) is 58.9 Å². The van der Waals surface area contributed by atoms with Crippen molar-refractivity contribution in [1.29, 1.82) is 0 Å². The lowest BCUT2D eigenvalue weighted by Crippen LogP contribution is -2.44. The van der Waals surface area contributed by atoms with Gasteiger partial charge >= 0.3 is 0 Å². The molecule has 0 atom stereocenters. The highest BCUT2D eigenvalue weighted by atomic mass is 127. The fourth-order valence-electron chi connectivity index (χ4n) is 6.70. The smallest absolute Gasteiger partial charge is 0.174 e. The molecule has 0 spiro atoms. The van der Waals surface area contributed by atoms with Gasteiger partial charge in [-0.15, -0.1) is 0 Å². The molecular weight excluding hydrogens is 649 g/mol. The van der Waals surface area contributed by atoms with Crippen molar-refractivity contribution in [2.24, 2.45) is 10.8 Å². The van der Waals surface area contributed by atoms with Crippen molar-refractivity contribution in [3.05, 3.63) is 78.7 Å². The van der Waals surface area contributed by atoms with E-state index in [-0.39, 0.29) is 22.4 Å². The quantitative estimate of drug-likeness (QED) is 0.273. The summed E-state index contributed by atoms with van der Waals surface area (Å²) in [5, 5.41) is 0.661. The van der Waals surface area contributed by atoms with E-state index in [4.69, 9.17) is 21.1 Å². The van der Waals surface area contributed by atoms with E-state index in [9.17, 15) is 9.59 Å². The molecule has 1 aliphatic heterocycles. The summed E-state index contributed by atoms with van der Waals surface area (Å²) >= 11 is 8.47. The zero-order chi connectivity index (χ0) is 29.7. The number of ketones is 2. The van der Waals surface area contributed by atoms with Gasteiger partial charge in [-0.3, -0.25) is 9.59 Å². The number of rotatable bonds is 7. The van der Waals surface area contributed by atoms with Crippen LogP contribution in [0.25, 0.3) is 0 Å². The third-order valence-corrected chi connectivity index (χ3v) is 9.31. The summed E-state index contributed by atoms with van der Waals surface area (Å²) in [5.74, 6) is 1.13. The van der Waals surface area contributed by atoms with E-state index in [2.05, 4.69) is 68.2 Å². The van der Waals surface area contributed by atoms with Crippen molar-refractivity contribution in [2.45, 2.75) is 79.8 Å². The molecule has 2 aromatic rings. The molecule has 0 saturated carbocycles. The molecule has 0 saturated heterocycles. The summed E-state index contributed by atoms with van der Waals surface area (Å²) in [5.41, 5.74) is 5.32. The topological polar surface area (TPSA) is 55.8 Å². The first-order valence-electron chi connectivity index (χ1n) is 14.5. The Balaban J connectivity index is 1.66. The number of ether oxygens (including phenoxy) is 2. The SMILES string of the molecule is CCOc1cc(C2C3=C(CC(C)(C)CC3=O)N(CC)C3=C2C(=O)CC(C)(C)C3)cc(I)c1OCc1cccc(Cl)c1. The normalized spacial score (nSPS) is 20.2. The van der Waals surface area contributed by atoms with Crippen molar-refractivity contribution in [3.8, 4) is 11.5 Å². The van der Waals surface area contributed by atoms with Gasteiger partial charge in [-0.2, -0.15) is 0 Å². The molecule has 0 N–H and O–H groups in total. The molecule has 2 aliphatic carbocycles. The molecule has 0 bridgehead atoms. The van der Waals surface area contributed by atoms with Gasteiger partial charge in [-0.25, -0.2) is 0 Å². The number of carbonyl (C=O) groups excluding carboxylic acids is 2. The first-order valence-corrected chi connectivity index (χ1v) is 15.9. The van der Waals surface area contributed by atoms with E-state index in [1.54, 1.807) is 0 Å². The molecule has 0 unspecified atom stereocenters. The molecule has 218 valence electrons. The third kappa shape index (κ3) is 5.96. The van der Waals surface area contributed by atoms with Gasteiger partial charge in [-0.1, -0.05) is 51.4 Å². The highest BCUT2D eigenvalue weighted by molar-refractivity contribution is 14.1. The van der Waals surface area contributed by atoms with Gasteiger partial charge < -0.3 is 14.4 Å². The summed E-state index contributed by atoms with van der Waals surface area (Å²) in [6.45, 7) is 14.3. The Hall–Kier alpha value is -2.32. The second kappa shape index (κ2) is 11.4. The number of hydrogen-bond acceptors (Lipinski definition) is 5. The van der Waals surface area contributed by atoms with Crippen LogP contribution in [-0.4, -0.2) is 29.6 Å². The number of benzene rings is 2. The zero-order valence-electron chi connectivity index (χ0n) is 24.8. The minimum absolute atomic E-state index is 0.136. The van der Waals surface area contributed by atoms with E-state index >= 15 is 0 Å². The van der Waals surface area contributed by atoms with Gasteiger partial charge in [0, 0.05) is 52.9 Å². The Morgan fingerprint density at radius 2 is 1.51 bits per heavy atom. The number of hydrogen-bond donors (Lipinski definition) is 0. The second-order valence-corrected chi connectivity index (χ2v) is 14.6. The summed E-state index contributed by atoms with van der Waals surface area (Å²) < 4.78 is 13.3. The van der Waals surface area contributed by atoms with E-state index in [0.717, 1.165) is 56.6 Å². The number of carbonyl (C=O) groups is 2. The number of nitrogens with zero attached hydrogens (tertiary/aromatic N) is 1. The molecule has 0 fully saturated rings. The monoisotopic (exact) mass is 687 g/mol. The van der Waals surface area contributed by atoms with Crippen molar-refractivity contribution in [3.63, 3.8) is 0 Å². The van der Waals surface area contributed by atoms with Crippen LogP contribution in [0.4, 0.5) is 0 Å². The predicted molar refractivity (Wildman–Crippen MR) is 171 cm³/mol. The van der Waals surface area contributed by atoms with Crippen molar-refractivity contribution < 1.29 is 19.1 Å². The van der Waals surface area contributed by atoms with Crippen LogP contribution in [0.5, 0.6) is 11.5 Å². The average Bonchev–Trinajstić information content (AvgIpc) is 2.86. The molecule has 0 amide bonds. The number of halogens is 2. The Morgan fingerprint density at radius 1 is 0.902 bits per heavy atom. The highest BCUT2D eigenvalue weighted by Gasteiger charge is 2.48. The number of Topliss-reactive ketones (excluding diaryl/α,β-unsaturated/α-hetero) is 2. The first kappa shape index (κ1) is 30.1. The van der Waals surface area contributed by atoms with Crippen molar-refractivity contribution in [2.75, 3.05) is 13.2 Å². The lowest BCUT2D eigenvalue weighted by atomic mass is 9.63. The lowest BCUT2D eigenvalue weighted by Gasteiger charge is -2.49. The maximum absolute atomic E-state index is 14.0. The molecule has 7 heteroatoms. The Kier molecular flexibility index (Phi) is 8.38. The standard InChI is InChI=1S/C34H39ClINO4/c1-7-37-24-15-33(3,4)17-26(38)30(24)29(31-25(37)16-34(5,6)18-27(31)39)21-13-23(36)32(28(14-21)40-8-2)41-19-20-10-9-11-22(35)12-20/h9-14,29H,7-8,15-19H2,1-6H3. The maximum Gasteiger partial charge on any atom is 0.174 e. The van der Waals surface area contributed by atoms with Crippen LogP contribution in [0.2, 0.25) is 5.02 Å². The van der Waals surface area contributed by atoms with Gasteiger partial charge in [0.2, 0.25) is 0 Å². The summed E-state index contributed by atoms with van der Waals surface area (Å²) in [4.78, 5) is 30.2. The van der Waals surface area contributed by atoms with Crippen LogP contribution in [0, 0.1) is 14.4 Å². The van der Waals surface area contributed by atoms with E-state index in [1.165, 1.54) is 0 Å². The lowest BCUT2D eigenvalue weighted by molar-refractivity contribution is -0.119. The van der Waals surface area contributed by atoms with Gasteiger partial charge in [0.1, 0.15) is 6.61 Å². The highest BCUT2D eigenvalue weighted by Crippen LogP contribution is 2.55. The molecule has 1 heterocycles. The summed E-state index contributed by atoms with van der Waals surface area (Å²) in [6.07, 6.45) is 2.55. The van der Waals surface area contributed by atoms with E-state index < -0.39 is 5.92 Å². The molecule has 0 radical (unpaired) electrons. The molecule has 3 aliphatic rings. The van der Waals surface area contributed by atoms with Crippen molar-refractivity contribution >= 4 is 45.8 Å². The fourth-order valence-corrected chi connectivity index (χ4v) is 7.70. The molecule has 5 nitrogen and oxygen atoms in total. The molecule has 5 rings (SSSR count). The molecule has 2 aromatic carbocycles. The van der Waals surface area contributed by atoms with Crippen LogP contribution in [-0.2, 0) is 16.2 Å². The number of allylic oxidation sites excluding steroid dienone is 4. The van der Waals surface area contributed by atoms with E-state index in [1.807, 2.05) is 37.3 Å². The minimum Gasteiger partial charge on any atom is -0.490 e. The Morgan fingerprint density at radius 3 is 2.05 bits per heavy atom. The fraction of sp³-hybridized carbons (Fsp3) is 0.471. The van der Waals surface area contributed by atoms with Crippen LogP contribution < -0.4 is 9.47 Å². The second-order valence-electron chi connectivity index (χ2n) is 13.0. The Bertz CT molecular complexity index is 1420. The average molecular weight is 688 g/mol. The van der Waals surface area contributed by atoms with Crippen LogP contribution >= 0.6 is 34.2 Å². The zero-order valence-corrected chi connectivity index (χ0v) is 27.7.